The van der Waals surface area contributed by atoms with E-state index in [1.54, 1.807) is 9.80 Å². The third-order valence-corrected chi connectivity index (χ3v) is 11.8. The van der Waals surface area contributed by atoms with Gasteiger partial charge in [0.25, 0.3) is 0 Å². The van der Waals surface area contributed by atoms with Crippen molar-refractivity contribution < 1.29 is 24.3 Å². The third-order valence-electron chi connectivity index (χ3n) is 10.5. The molecule has 4 aliphatic rings. The van der Waals surface area contributed by atoms with Crippen LogP contribution in [0.15, 0.2) is 45.3 Å². The predicted molar refractivity (Wildman–Crippen MR) is 189 cm³/mol. The molecule has 0 spiro atoms. The number of nitrogen functional groups attached to an aromatic ring is 1. The molecular formula is C34H43Br2N7O5. The lowest BCUT2D eigenvalue weighted by molar-refractivity contribution is -0.159. The van der Waals surface area contributed by atoms with Crippen molar-refractivity contribution in [2.75, 3.05) is 50.3 Å². The van der Waals surface area contributed by atoms with Crippen molar-refractivity contribution in [1.82, 2.24) is 24.9 Å². The molecule has 0 radical (unpaired) electrons. The molecule has 0 aliphatic carbocycles. The summed E-state index contributed by atoms with van der Waals surface area (Å²) >= 11 is 6.98. The Balaban J connectivity index is 1.13. The number of anilines is 2. The number of para-hydroxylation sites is 1. The zero-order chi connectivity index (χ0) is 34.0. The van der Waals surface area contributed by atoms with Crippen molar-refractivity contribution in [3.05, 3.63) is 56.5 Å². The van der Waals surface area contributed by atoms with Gasteiger partial charge in [-0.05, 0) is 113 Å². The highest BCUT2D eigenvalue weighted by Crippen LogP contribution is 2.34. The number of carboxylic acid groups (broad SMARTS) is 1. The first-order valence-electron chi connectivity index (χ1n) is 16.8. The van der Waals surface area contributed by atoms with E-state index in [4.69, 9.17) is 5.73 Å². The number of likely N-dealkylation sites (tertiary alicyclic amines) is 3. The lowest BCUT2D eigenvalue weighted by atomic mass is 9.84. The first-order chi connectivity index (χ1) is 23.1. The second-order valence-corrected chi connectivity index (χ2v) is 15.0. The summed E-state index contributed by atoms with van der Waals surface area (Å²) in [6.45, 7) is 3.54. The van der Waals surface area contributed by atoms with E-state index < -0.39 is 17.6 Å². The molecule has 2 aromatic carbocycles. The van der Waals surface area contributed by atoms with E-state index in [0.29, 0.717) is 73.0 Å². The fraction of sp³-hybridized carbons (Fsp3) is 0.529. The summed E-state index contributed by atoms with van der Waals surface area (Å²) < 4.78 is 1.36. The third kappa shape index (κ3) is 7.16. The molecule has 48 heavy (non-hydrogen) atoms. The Kier molecular flexibility index (Phi) is 10.5. The predicted octanol–water partition coefficient (Wildman–Crippen LogP) is 4.86. The minimum absolute atomic E-state index is 0.00734. The number of aliphatic carboxylic acids is 1. The second-order valence-electron chi connectivity index (χ2n) is 13.3. The van der Waals surface area contributed by atoms with Gasteiger partial charge >= 0.3 is 18.0 Å². The summed E-state index contributed by atoms with van der Waals surface area (Å²) in [7, 11) is 0. The Morgan fingerprint density at radius 2 is 1.60 bits per heavy atom. The van der Waals surface area contributed by atoms with Crippen molar-refractivity contribution in [3.8, 4) is 0 Å². The maximum Gasteiger partial charge on any atom is 0.324 e. The highest BCUT2D eigenvalue weighted by atomic mass is 79.9. The van der Waals surface area contributed by atoms with Gasteiger partial charge in [0.05, 0.1) is 5.69 Å². The maximum absolute atomic E-state index is 14.1. The highest BCUT2D eigenvalue weighted by molar-refractivity contribution is 9.11. The number of nitrogens with zero attached hydrogens (tertiary/aromatic N) is 4. The molecule has 5 amide bonds. The summed E-state index contributed by atoms with van der Waals surface area (Å²) in [4.78, 5) is 60.7. The maximum atomic E-state index is 14.1. The molecule has 4 heterocycles. The van der Waals surface area contributed by atoms with Crippen LogP contribution in [0.1, 0.15) is 56.1 Å². The molecule has 3 fully saturated rings. The Bertz CT molecular complexity index is 1530. The highest BCUT2D eigenvalue weighted by Gasteiger charge is 2.48. The van der Waals surface area contributed by atoms with Crippen molar-refractivity contribution in [3.63, 3.8) is 0 Å². The topological polar surface area (TPSA) is 152 Å². The Morgan fingerprint density at radius 3 is 2.25 bits per heavy atom. The van der Waals surface area contributed by atoms with Gasteiger partial charge in [0.1, 0.15) is 11.6 Å². The number of piperidine rings is 3. The van der Waals surface area contributed by atoms with Crippen LogP contribution in [-0.2, 0) is 22.6 Å². The number of urea groups is 2. The van der Waals surface area contributed by atoms with Crippen molar-refractivity contribution >= 4 is 67.2 Å². The normalized spacial score (nSPS) is 20.9. The van der Waals surface area contributed by atoms with E-state index in [1.165, 1.54) is 0 Å². The number of benzene rings is 2. The number of nitrogens with one attached hydrogen (secondary N) is 2. The zero-order valence-corrected chi connectivity index (χ0v) is 30.1. The van der Waals surface area contributed by atoms with Gasteiger partial charge in [-0.3, -0.25) is 14.5 Å². The van der Waals surface area contributed by atoms with Crippen LogP contribution in [0.2, 0.25) is 0 Å². The first-order valence-corrected chi connectivity index (χ1v) is 18.4. The number of hydrogen-bond acceptors (Lipinski definition) is 6. The minimum Gasteiger partial charge on any atom is -0.480 e. The summed E-state index contributed by atoms with van der Waals surface area (Å²) in [6, 6.07) is 10.1. The SMILES string of the molecule is Nc1c(Br)cc(C[C@@H](NC(=O)N2CCC(N3Cc4ccccc4NC3=O)CC2)C(=O)N2CCC(C(=O)O)(N3CCCCC3)CC2)cc1Br. The van der Waals surface area contributed by atoms with Gasteiger partial charge in [0, 0.05) is 59.8 Å². The molecule has 0 unspecified atom stereocenters. The second kappa shape index (κ2) is 14.6. The smallest absolute Gasteiger partial charge is 0.324 e. The number of nitrogens with two attached hydrogens (primary N) is 1. The Morgan fingerprint density at radius 1 is 0.958 bits per heavy atom. The Hall–Kier alpha value is -3.36. The van der Waals surface area contributed by atoms with Gasteiger partial charge in [0.15, 0.2) is 0 Å². The largest absolute Gasteiger partial charge is 0.480 e. The van der Waals surface area contributed by atoms with Gasteiger partial charge < -0.3 is 36.2 Å². The molecule has 1 atom stereocenters. The average molecular weight is 790 g/mol. The van der Waals surface area contributed by atoms with Crippen LogP contribution in [-0.4, -0.2) is 106 Å². The molecule has 0 saturated carbocycles. The standard InChI is InChI=1S/C34H43Br2N7O5/c35-25-18-22(19-26(36)29(25)37)20-28(30(44)40-16-10-34(11-17-40,31(45)46)42-12-4-1-5-13-42)39-32(47)41-14-8-24(9-15-41)43-21-23-6-2-3-7-27(23)38-33(43)48/h2-3,6-7,18-19,24,28H,1,4-5,8-17,20-21,37H2,(H,38,48)(H,39,47)(H,45,46)/t28-/m1/s1. The molecule has 5 N–H and O–H groups in total. The Labute approximate surface area is 297 Å². The monoisotopic (exact) mass is 787 g/mol. The van der Waals surface area contributed by atoms with E-state index in [9.17, 15) is 24.3 Å². The number of hydrogen-bond donors (Lipinski definition) is 4. The number of halogens is 2. The summed E-state index contributed by atoms with van der Waals surface area (Å²) in [5.41, 5.74) is 8.39. The number of carbonyl (C=O) groups excluding carboxylic acids is 3. The molecule has 0 aromatic heterocycles. The van der Waals surface area contributed by atoms with Crippen LogP contribution in [0.5, 0.6) is 0 Å². The summed E-state index contributed by atoms with van der Waals surface area (Å²) in [5, 5.41) is 16.3. The molecule has 258 valence electrons. The average Bonchev–Trinajstić information content (AvgIpc) is 3.10. The van der Waals surface area contributed by atoms with Gasteiger partial charge in [0.2, 0.25) is 5.91 Å². The molecule has 4 aliphatic heterocycles. The molecule has 3 saturated heterocycles. The quantitative estimate of drug-likeness (QED) is 0.293. The minimum atomic E-state index is -0.972. The number of rotatable bonds is 7. The number of fused-ring (bicyclic) bond motifs is 1. The van der Waals surface area contributed by atoms with Gasteiger partial charge in [-0.1, -0.05) is 24.6 Å². The van der Waals surface area contributed by atoms with E-state index in [2.05, 4.69) is 47.4 Å². The van der Waals surface area contributed by atoms with E-state index in [1.807, 2.05) is 41.3 Å². The van der Waals surface area contributed by atoms with Crippen molar-refractivity contribution in [2.45, 2.75) is 75.5 Å². The van der Waals surface area contributed by atoms with Crippen molar-refractivity contribution in [2.24, 2.45) is 0 Å². The molecule has 2 aromatic rings. The number of carboxylic acids is 1. The molecule has 6 rings (SSSR count). The number of amides is 5. The fourth-order valence-electron chi connectivity index (χ4n) is 7.63. The van der Waals surface area contributed by atoms with E-state index in [0.717, 1.165) is 49.2 Å². The van der Waals surface area contributed by atoms with E-state index >= 15 is 0 Å². The first kappa shape index (κ1) is 34.5. The lowest BCUT2D eigenvalue weighted by Gasteiger charge is -2.47. The van der Waals surface area contributed by atoms with Crippen LogP contribution in [0.3, 0.4) is 0 Å². The molecule has 0 bridgehead atoms. The van der Waals surface area contributed by atoms with Crippen LogP contribution >= 0.6 is 31.9 Å². The summed E-state index contributed by atoms with van der Waals surface area (Å²) in [6.07, 6.45) is 5.24. The van der Waals surface area contributed by atoms with Crippen LogP contribution < -0.4 is 16.4 Å². The number of carbonyl (C=O) groups is 4. The van der Waals surface area contributed by atoms with Crippen LogP contribution in [0, 0.1) is 0 Å². The van der Waals surface area contributed by atoms with Gasteiger partial charge in [-0.25, -0.2) is 9.59 Å². The summed E-state index contributed by atoms with van der Waals surface area (Å²) in [5.74, 6) is -1.06. The molecular weight excluding hydrogens is 746 g/mol. The molecule has 12 nitrogen and oxygen atoms in total. The van der Waals surface area contributed by atoms with E-state index in [-0.39, 0.29) is 30.4 Å². The lowest BCUT2D eigenvalue weighted by Crippen LogP contribution is -2.63. The zero-order valence-electron chi connectivity index (χ0n) is 26.9. The fourth-order valence-corrected chi connectivity index (χ4v) is 8.91. The van der Waals surface area contributed by atoms with Gasteiger partial charge in [-0.2, -0.15) is 0 Å². The van der Waals surface area contributed by atoms with Crippen LogP contribution in [0.4, 0.5) is 21.0 Å². The van der Waals surface area contributed by atoms with Crippen molar-refractivity contribution in [1.29, 1.82) is 0 Å². The van der Waals surface area contributed by atoms with Crippen LogP contribution in [0.25, 0.3) is 0 Å². The van der Waals surface area contributed by atoms with Gasteiger partial charge in [-0.15, -0.1) is 0 Å². The molecule has 14 heteroatoms.